The largest absolute Gasteiger partial charge is 0.467 e. The highest BCUT2D eigenvalue weighted by molar-refractivity contribution is 7.99. The van der Waals surface area contributed by atoms with Crippen molar-refractivity contribution in [3.05, 3.63) is 30.0 Å². The fourth-order valence-corrected chi connectivity index (χ4v) is 2.75. The lowest BCUT2D eigenvalue weighted by atomic mass is 10.2. The lowest BCUT2D eigenvalue weighted by molar-refractivity contribution is -0.119. The molecule has 0 bridgehead atoms. The normalized spacial score (nSPS) is 12.3. The molecule has 2 aromatic rings. The standard InChI is InChI=1S/C13H19N5O2S/c1-3-18-11(7-14)16-17-13(18)21-8-12(19)15-9(2)10-5-4-6-20-10/h4-6,9H,3,7-8,14H2,1-2H3,(H,15,19). The lowest BCUT2D eigenvalue weighted by Crippen LogP contribution is -2.28. The van der Waals surface area contributed by atoms with Gasteiger partial charge in [-0.2, -0.15) is 0 Å². The number of hydrogen-bond donors (Lipinski definition) is 2. The Labute approximate surface area is 127 Å². The fraction of sp³-hybridized carbons (Fsp3) is 0.462. The molecule has 1 unspecified atom stereocenters. The highest BCUT2D eigenvalue weighted by Crippen LogP contribution is 2.17. The SMILES string of the molecule is CCn1c(CN)nnc1SCC(=O)NC(C)c1ccco1. The highest BCUT2D eigenvalue weighted by Gasteiger charge is 2.15. The van der Waals surface area contributed by atoms with E-state index in [2.05, 4.69) is 15.5 Å². The van der Waals surface area contributed by atoms with Gasteiger partial charge in [0.15, 0.2) is 5.16 Å². The second-order valence-corrected chi connectivity index (χ2v) is 5.38. The maximum atomic E-state index is 11.9. The predicted octanol–water partition coefficient (Wildman–Crippen LogP) is 1.32. The van der Waals surface area contributed by atoms with Gasteiger partial charge in [-0.25, -0.2) is 0 Å². The summed E-state index contributed by atoms with van der Waals surface area (Å²) < 4.78 is 7.16. The smallest absolute Gasteiger partial charge is 0.231 e. The molecule has 7 nitrogen and oxygen atoms in total. The number of nitrogens with zero attached hydrogens (tertiary/aromatic N) is 3. The van der Waals surface area contributed by atoms with Crippen LogP contribution in [0.25, 0.3) is 0 Å². The third kappa shape index (κ3) is 3.85. The van der Waals surface area contributed by atoms with E-state index < -0.39 is 0 Å². The molecular weight excluding hydrogens is 290 g/mol. The Bertz CT molecular complexity index is 581. The average Bonchev–Trinajstić information content (AvgIpc) is 3.13. The van der Waals surface area contributed by atoms with Crippen molar-refractivity contribution < 1.29 is 9.21 Å². The molecule has 8 heteroatoms. The van der Waals surface area contributed by atoms with Crippen LogP contribution in [0.2, 0.25) is 0 Å². The third-order valence-electron chi connectivity index (χ3n) is 2.97. The van der Waals surface area contributed by atoms with Crippen LogP contribution in [0.4, 0.5) is 0 Å². The minimum Gasteiger partial charge on any atom is -0.467 e. The number of amides is 1. The Morgan fingerprint density at radius 3 is 3.00 bits per heavy atom. The van der Waals surface area contributed by atoms with Crippen LogP contribution >= 0.6 is 11.8 Å². The summed E-state index contributed by atoms with van der Waals surface area (Å²) in [4.78, 5) is 11.9. The molecule has 0 saturated heterocycles. The Morgan fingerprint density at radius 2 is 2.38 bits per heavy atom. The molecule has 0 aliphatic heterocycles. The van der Waals surface area contributed by atoms with Gasteiger partial charge in [0, 0.05) is 6.54 Å². The van der Waals surface area contributed by atoms with Crippen molar-refractivity contribution in [1.29, 1.82) is 0 Å². The van der Waals surface area contributed by atoms with Gasteiger partial charge in [-0.3, -0.25) is 4.79 Å². The van der Waals surface area contributed by atoms with Gasteiger partial charge >= 0.3 is 0 Å². The van der Waals surface area contributed by atoms with Crippen LogP contribution in [0.15, 0.2) is 28.0 Å². The molecule has 0 spiro atoms. The predicted molar refractivity (Wildman–Crippen MR) is 79.6 cm³/mol. The number of carbonyl (C=O) groups is 1. The van der Waals surface area contributed by atoms with Crippen molar-refractivity contribution in [2.45, 2.75) is 38.1 Å². The zero-order chi connectivity index (χ0) is 15.2. The van der Waals surface area contributed by atoms with Gasteiger partial charge in [0.1, 0.15) is 11.6 Å². The van der Waals surface area contributed by atoms with Crippen molar-refractivity contribution in [3.63, 3.8) is 0 Å². The molecule has 2 heterocycles. The summed E-state index contributed by atoms with van der Waals surface area (Å²) in [5.41, 5.74) is 5.59. The van der Waals surface area contributed by atoms with E-state index in [-0.39, 0.29) is 17.7 Å². The number of nitrogens with two attached hydrogens (primary N) is 1. The Balaban J connectivity index is 1.88. The van der Waals surface area contributed by atoms with Gasteiger partial charge in [-0.15, -0.1) is 10.2 Å². The van der Waals surface area contributed by atoms with Crippen molar-refractivity contribution in [1.82, 2.24) is 20.1 Å². The number of aromatic nitrogens is 3. The first kappa shape index (κ1) is 15.6. The number of rotatable bonds is 7. The average molecular weight is 309 g/mol. The summed E-state index contributed by atoms with van der Waals surface area (Å²) in [6, 6.07) is 3.47. The van der Waals surface area contributed by atoms with Crippen molar-refractivity contribution >= 4 is 17.7 Å². The quantitative estimate of drug-likeness (QED) is 0.748. The van der Waals surface area contributed by atoms with Gasteiger partial charge in [-0.05, 0) is 26.0 Å². The van der Waals surface area contributed by atoms with Gasteiger partial charge in [-0.1, -0.05) is 11.8 Å². The van der Waals surface area contributed by atoms with E-state index in [0.717, 1.165) is 18.1 Å². The highest BCUT2D eigenvalue weighted by atomic mass is 32.2. The van der Waals surface area contributed by atoms with E-state index in [4.69, 9.17) is 10.2 Å². The first-order valence-electron chi connectivity index (χ1n) is 6.73. The number of nitrogens with one attached hydrogen (secondary N) is 1. The molecule has 0 aromatic carbocycles. The first-order valence-corrected chi connectivity index (χ1v) is 7.72. The van der Waals surface area contributed by atoms with E-state index in [9.17, 15) is 4.79 Å². The lowest BCUT2D eigenvalue weighted by Gasteiger charge is -2.11. The Morgan fingerprint density at radius 1 is 1.57 bits per heavy atom. The summed E-state index contributed by atoms with van der Waals surface area (Å²) in [6.45, 7) is 4.93. The van der Waals surface area contributed by atoms with E-state index in [1.807, 2.05) is 24.5 Å². The summed E-state index contributed by atoms with van der Waals surface area (Å²) in [5.74, 6) is 1.65. The van der Waals surface area contributed by atoms with Crippen LogP contribution in [0.1, 0.15) is 31.5 Å². The van der Waals surface area contributed by atoms with Gasteiger partial charge in [0.2, 0.25) is 5.91 Å². The van der Waals surface area contributed by atoms with Crippen molar-refractivity contribution in [2.24, 2.45) is 5.73 Å². The number of thioether (sulfide) groups is 1. The maximum Gasteiger partial charge on any atom is 0.231 e. The molecule has 0 aliphatic carbocycles. The van der Waals surface area contributed by atoms with Gasteiger partial charge in [0.25, 0.3) is 0 Å². The van der Waals surface area contributed by atoms with Gasteiger partial charge in [0.05, 0.1) is 24.6 Å². The first-order chi connectivity index (χ1) is 10.2. The Kier molecular flexibility index (Phi) is 5.40. The van der Waals surface area contributed by atoms with Crippen LogP contribution < -0.4 is 11.1 Å². The Hall–Kier alpha value is -1.80. The van der Waals surface area contributed by atoms with Crippen LogP contribution in [0.3, 0.4) is 0 Å². The van der Waals surface area contributed by atoms with Crippen molar-refractivity contribution in [3.8, 4) is 0 Å². The molecule has 0 saturated carbocycles. The second kappa shape index (κ2) is 7.28. The molecule has 2 rings (SSSR count). The van der Waals surface area contributed by atoms with E-state index in [1.165, 1.54) is 11.8 Å². The molecule has 2 aromatic heterocycles. The van der Waals surface area contributed by atoms with Crippen molar-refractivity contribution in [2.75, 3.05) is 5.75 Å². The number of hydrogen-bond acceptors (Lipinski definition) is 6. The molecule has 1 amide bonds. The molecule has 3 N–H and O–H groups in total. The van der Waals surface area contributed by atoms with E-state index >= 15 is 0 Å². The van der Waals surface area contributed by atoms with Gasteiger partial charge < -0.3 is 20.0 Å². The molecular formula is C13H19N5O2S. The van der Waals surface area contributed by atoms with Crippen LogP contribution in [0, 0.1) is 0 Å². The van der Waals surface area contributed by atoms with Crippen LogP contribution in [0.5, 0.6) is 0 Å². The molecule has 114 valence electrons. The molecule has 0 fully saturated rings. The third-order valence-corrected chi connectivity index (χ3v) is 3.94. The minimum absolute atomic E-state index is 0.0798. The zero-order valence-corrected chi connectivity index (χ0v) is 12.9. The summed E-state index contributed by atoms with van der Waals surface area (Å²) in [6.07, 6.45) is 1.59. The van der Waals surface area contributed by atoms with E-state index in [0.29, 0.717) is 11.7 Å². The monoisotopic (exact) mass is 309 g/mol. The second-order valence-electron chi connectivity index (χ2n) is 4.44. The fourth-order valence-electron chi connectivity index (χ4n) is 1.92. The molecule has 0 aliphatic rings. The van der Waals surface area contributed by atoms with E-state index in [1.54, 1.807) is 12.3 Å². The number of carbonyl (C=O) groups excluding carboxylic acids is 1. The van der Waals surface area contributed by atoms with Crippen LogP contribution in [-0.4, -0.2) is 26.4 Å². The molecule has 0 radical (unpaired) electrons. The minimum atomic E-state index is -0.156. The summed E-state index contributed by atoms with van der Waals surface area (Å²) in [5, 5.41) is 11.6. The zero-order valence-electron chi connectivity index (χ0n) is 12.1. The molecule has 1 atom stereocenters. The topological polar surface area (TPSA) is 99.0 Å². The summed E-state index contributed by atoms with van der Waals surface area (Å²) in [7, 11) is 0. The summed E-state index contributed by atoms with van der Waals surface area (Å²) >= 11 is 1.35. The maximum absolute atomic E-state index is 11.9. The molecule has 21 heavy (non-hydrogen) atoms. The number of furan rings is 1. The van der Waals surface area contributed by atoms with Crippen LogP contribution in [-0.2, 0) is 17.9 Å².